The first-order valence-corrected chi connectivity index (χ1v) is 9.56. The number of aryl methyl sites for hydroxylation is 2. The van der Waals surface area contributed by atoms with Crippen molar-refractivity contribution in [2.24, 2.45) is 0 Å². The third-order valence-corrected chi connectivity index (χ3v) is 4.18. The van der Waals surface area contributed by atoms with E-state index < -0.39 is 13.9 Å². The quantitative estimate of drug-likeness (QED) is 0.550. The lowest BCUT2D eigenvalue weighted by Gasteiger charge is -2.14. The molecule has 2 aromatic carbocycles. The molecule has 136 valence electrons. The summed E-state index contributed by atoms with van der Waals surface area (Å²) in [7, 11) is -2.61. The molecule has 0 spiro atoms. The molecule has 2 N–H and O–H groups in total. The number of benzene rings is 2. The fourth-order valence-electron chi connectivity index (χ4n) is 2.51. The summed E-state index contributed by atoms with van der Waals surface area (Å²) < 4.78 is 26.4. The van der Waals surface area contributed by atoms with Crippen molar-refractivity contribution in [2.45, 2.75) is 20.3 Å². The van der Waals surface area contributed by atoms with Crippen LogP contribution >= 0.6 is 7.60 Å². The van der Waals surface area contributed by atoms with Crippen LogP contribution in [0, 0.1) is 13.8 Å². The predicted octanol–water partition coefficient (Wildman–Crippen LogP) is 3.39. The van der Waals surface area contributed by atoms with Gasteiger partial charge in [0.05, 0.1) is 0 Å². The highest BCUT2D eigenvalue weighted by molar-refractivity contribution is 7.51. The van der Waals surface area contributed by atoms with Crippen LogP contribution in [0.15, 0.2) is 36.4 Å². The molecular weight excluding hydrogens is 343 g/mol. The summed E-state index contributed by atoms with van der Waals surface area (Å²) >= 11 is 0. The van der Waals surface area contributed by atoms with E-state index >= 15 is 0 Å². The summed E-state index contributed by atoms with van der Waals surface area (Å²) in [6.45, 7) is 4.14. The van der Waals surface area contributed by atoms with Gasteiger partial charge in [-0.2, -0.15) is 0 Å². The van der Waals surface area contributed by atoms with E-state index in [1.165, 1.54) is 0 Å². The summed E-state index contributed by atoms with van der Waals surface area (Å²) in [5, 5.41) is 0. The molecule has 0 atom stereocenters. The Hall–Kier alpha value is -1.85. The summed E-state index contributed by atoms with van der Waals surface area (Å²) in [4.78, 5) is 17.8. The van der Waals surface area contributed by atoms with Gasteiger partial charge in [0, 0.05) is 7.11 Å². The van der Waals surface area contributed by atoms with E-state index in [4.69, 9.17) is 24.0 Å². The van der Waals surface area contributed by atoms with Crippen LogP contribution in [-0.4, -0.2) is 30.0 Å². The van der Waals surface area contributed by atoms with Crippen molar-refractivity contribution >= 4 is 7.60 Å². The highest BCUT2D eigenvalue weighted by Crippen LogP contribution is 2.35. The Balaban J connectivity index is 2.10. The van der Waals surface area contributed by atoms with Crippen molar-refractivity contribution < 1.29 is 28.6 Å². The second kappa shape index (κ2) is 8.50. The number of rotatable bonds is 8. The summed E-state index contributed by atoms with van der Waals surface area (Å²) in [5.74, 6) is 1.21. The molecular formula is C18H23O6P. The number of hydrogen-bond donors (Lipinski definition) is 2. The highest BCUT2D eigenvalue weighted by Gasteiger charge is 2.15. The van der Waals surface area contributed by atoms with Gasteiger partial charge in [-0.1, -0.05) is 12.1 Å². The van der Waals surface area contributed by atoms with Gasteiger partial charge in [-0.05, 0) is 66.8 Å². The van der Waals surface area contributed by atoms with E-state index in [-0.39, 0.29) is 6.79 Å². The van der Waals surface area contributed by atoms with E-state index in [0.717, 1.165) is 34.4 Å². The average molecular weight is 366 g/mol. The maximum absolute atomic E-state index is 10.9. The van der Waals surface area contributed by atoms with Crippen molar-refractivity contribution in [1.82, 2.24) is 0 Å². The molecule has 0 unspecified atom stereocenters. The normalized spacial score (nSPS) is 11.4. The van der Waals surface area contributed by atoms with E-state index in [1.807, 2.05) is 38.1 Å². The lowest BCUT2D eigenvalue weighted by molar-refractivity contribution is 0.0511. The largest absolute Gasteiger partial charge is 0.481 e. The highest BCUT2D eigenvalue weighted by atomic mass is 31.2. The van der Waals surface area contributed by atoms with Gasteiger partial charge in [-0.15, -0.1) is 0 Å². The van der Waals surface area contributed by atoms with Gasteiger partial charge in [0.15, 0.2) is 13.1 Å². The second-order valence-electron chi connectivity index (χ2n) is 5.85. The van der Waals surface area contributed by atoms with E-state index in [2.05, 4.69) is 0 Å². The van der Waals surface area contributed by atoms with Crippen molar-refractivity contribution in [3.63, 3.8) is 0 Å². The molecule has 0 radical (unpaired) electrons. The molecule has 0 aromatic heterocycles. The van der Waals surface area contributed by atoms with Gasteiger partial charge < -0.3 is 24.0 Å². The second-order valence-corrected chi connectivity index (χ2v) is 7.43. The lowest BCUT2D eigenvalue weighted by Crippen LogP contribution is -2.02. The molecule has 7 heteroatoms. The zero-order valence-corrected chi connectivity index (χ0v) is 15.5. The molecule has 0 saturated carbocycles. The van der Waals surface area contributed by atoms with Gasteiger partial charge in [0.25, 0.3) is 0 Å². The molecule has 0 aliphatic rings. The monoisotopic (exact) mass is 366 g/mol. The molecule has 25 heavy (non-hydrogen) atoms. The standard InChI is InChI=1S/C18H23O6P/c1-13-8-17(24-12-25(19,20)21)9-14(2)18(13)10-15-4-6-16(7-5-15)23-11-22-3/h4-9H,10-12H2,1-3H3,(H2,19,20,21). The fraction of sp³-hybridized carbons (Fsp3) is 0.333. The van der Waals surface area contributed by atoms with Crippen molar-refractivity contribution in [2.75, 3.05) is 20.3 Å². The van der Waals surface area contributed by atoms with Crippen LogP contribution in [0.3, 0.4) is 0 Å². The summed E-state index contributed by atoms with van der Waals surface area (Å²) in [6, 6.07) is 11.4. The van der Waals surface area contributed by atoms with Crippen LogP contribution in [0.1, 0.15) is 22.3 Å². The minimum Gasteiger partial charge on any atom is -0.481 e. The fourth-order valence-corrected chi connectivity index (χ4v) is 2.83. The van der Waals surface area contributed by atoms with E-state index in [1.54, 1.807) is 19.2 Å². The first kappa shape index (κ1) is 19.5. The minimum absolute atomic E-state index is 0.216. The topological polar surface area (TPSA) is 85.2 Å². The Labute approximate surface area is 147 Å². The van der Waals surface area contributed by atoms with Gasteiger partial charge in [0.2, 0.25) is 0 Å². The minimum atomic E-state index is -4.18. The molecule has 0 aliphatic heterocycles. The number of ether oxygens (including phenoxy) is 3. The lowest BCUT2D eigenvalue weighted by atomic mass is 9.96. The van der Waals surface area contributed by atoms with Crippen molar-refractivity contribution in [1.29, 1.82) is 0 Å². The Bertz CT molecular complexity index is 728. The Morgan fingerprint density at radius 1 is 0.960 bits per heavy atom. The zero-order chi connectivity index (χ0) is 18.4. The maximum atomic E-state index is 10.9. The van der Waals surface area contributed by atoms with E-state index in [0.29, 0.717) is 5.75 Å². The summed E-state index contributed by atoms with van der Waals surface area (Å²) in [5.41, 5.74) is 4.33. The molecule has 2 rings (SSSR count). The third kappa shape index (κ3) is 6.18. The van der Waals surface area contributed by atoms with Crippen LogP contribution in [0.4, 0.5) is 0 Å². The first-order chi connectivity index (χ1) is 11.8. The van der Waals surface area contributed by atoms with Crippen LogP contribution in [-0.2, 0) is 15.7 Å². The molecule has 2 aromatic rings. The van der Waals surface area contributed by atoms with E-state index in [9.17, 15) is 4.57 Å². The van der Waals surface area contributed by atoms with Gasteiger partial charge in [0.1, 0.15) is 11.5 Å². The van der Waals surface area contributed by atoms with Gasteiger partial charge >= 0.3 is 7.60 Å². The number of methoxy groups -OCH3 is 1. The smallest absolute Gasteiger partial charge is 0.362 e. The maximum Gasteiger partial charge on any atom is 0.362 e. The SMILES string of the molecule is COCOc1ccc(Cc2c(C)cc(OCP(=O)(O)O)cc2C)cc1. The molecule has 6 nitrogen and oxygen atoms in total. The molecule has 0 aliphatic carbocycles. The van der Waals surface area contributed by atoms with Crippen LogP contribution < -0.4 is 9.47 Å². The Morgan fingerprint density at radius 3 is 2.08 bits per heavy atom. The zero-order valence-electron chi connectivity index (χ0n) is 14.6. The Kier molecular flexibility index (Phi) is 6.62. The molecule has 0 fully saturated rings. The Morgan fingerprint density at radius 2 is 1.56 bits per heavy atom. The number of hydrogen-bond acceptors (Lipinski definition) is 4. The van der Waals surface area contributed by atoms with Crippen molar-refractivity contribution in [3.8, 4) is 11.5 Å². The predicted molar refractivity (Wildman–Crippen MR) is 95.2 cm³/mol. The van der Waals surface area contributed by atoms with Gasteiger partial charge in [-0.25, -0.2) is 0 Å². The molecule has 0 saturated heterocycles. The van der Waals surface area contributed by atoms with Crippen molar-refractivity contribution in [3.05, 3.63) is 58.7 Å². The average Bonchev–Trinajstić information content (AvgIpc) is 2.55. The molecule has 0 amide bonds. The van der Waals surface area contributed by atoms with Crippen LogP contribution in [0.5, 0.6) is 11.5 Å². The third-order valence-electron chi connectivity index (χ3n) is 3.72. The summed E-state index contributed by atoms with van der Waals surface area (Å²) in [6.07, 6.45) is 0.134. The van der Waals surface area contributed by atoms with Crippen LogP contribution in [0.2, 0.25) is 0 Å². The molecule has 0 heterocycles. The molecule has 0 bridgehead atoms. The van der Waals surface area contributed by atoms with Crippen LogP contribution in [0.25, 0.3) is 0 Å². The van der Waals surface area contributed by atoms with Gasteiger partial charge in [-0.3, -0.25) is 4.57 Å². The first-order valence-electron chi connectivity index (χ1n) is 7.76.